The number of rotatable bonds is 6. The number of hydrogen-bond acceptors (Lipinski definition) is 5. The van der Waals surface area contributed by atoms with Gasteiger partial charge in [0.25, 0.3) is 0 Å². The third-order valence-electron chi connectivity index (χ3n) is 5.92. The van der Waals surface area contributed by atoms with Crippen molar-refractivity contribution in [3.05, 3.63) is 90.8 Å². The van der Waals surface area contributed by atoms with Crippen LogP contribution in [0.1, 0.15) is 36.5 Å². The third-order valence-corrected chi connectivity index (χ3v) is 6.17. The second-order valence-corrected chi connectivity index (χ2v) is 9.39. The summed E-state index contributed by atoms with van der Waals surface area (Å²) in [6, 6.07) is 12.3. The fraction of sp³-hybridized carbons (Fsp3) is 0.308. The number of halogens is 1. The predicted molar refractivity (Wildman–Crippen MR) is 136 cm³/mol. The van der Waals surface area contributed by atoms with Crippen LogP contribution in [-0.4, -0.2) is 24.9 Å². The molecular formula is C26H26ClN5O4. The Labute approximate surface area is 212 Å². The SMILES string of the molecule is Cc1cc(N=c2n(N)c(=O)n(C[C@H](C)C(=O)O)c(=O)n2Cc2ccc(Cl)cc2)ccc1C#CC1CC1. The van der Waals surface area contributed by atoms with Gasteiger partial charge in [-0.15, -0.1) is 0 Å². The molecule has 0 saturated heterocycles. The molecule has 1 aliphatic rings. The Hall–Kier alpha value is -4.03. The van der Waals surface area contributed by atoms with Crippen molar-refractivity contribution in [1.82, 2.24) is 13.8 Å². The van der Waals surface area contributed by atoms with Gasteiger partial charge in [-0.05, 0) is 61.2 Å². The van der Waals surface area contributed by atoms with Crippen molar-refractivity contribution in [2.24, 2.45) is 16.8 Å². The molecule has 9 nitrogen and oxygen atoms in total. The summed E-state index contributed by atoms with van der Waals surface area (Å²) in [5.74, 6) is 10.9. The maximum Gasteiger partial charge on any atom is 0.353 e. The van der Waals surface area contributed by atoms with Gasteiger partial charge in [-0.3, -0.25) is 9.36 Å². The zero-order chi connectivity index (χ0) is 26.0. The lowest BCUT2D eigenvalue weighted by Crippen LogP contribution is -2.58. The van der Waals surface area contributed by atoms with E-state index in [2.05, 4.69) is 16.8 Å². The summed E-state index contributed by atoms with van der Waals surface area (Å²) < 4.78 is 2.83. The number of aryl methyl sites for hydroxylation is 1. The van der Waals surface area contributed by atoms with E-state index in [0.717, 1.165) is 38.8 Å². The second kappa shape index (κ2) is 10.3. The van der Waals surface area contributed by atoms with Gasteiger partial charge in [0.15, 0.2) is 0 Å². The van der Waals surface area contributed by atoms with Crippen molar-refractivity contribution in [1.29, 1.82) is 0 Å². The van der Waals surface area contributed by atoms with Crippen molar-refractivity contribution in [3.8, 4) is 11.8 Å². The fourth-order valence-electron chi connectivity index (χ4n) is 3.57. The number of nitrogens with zero attached hydrogens (tertiary/aromatic N) is 4. The van der Waals surface area contributed by atoms with Gasteiger partial charge in [0, 0.05) is 23.0 Å². The molecule has 1 aromatic heterocycles. The zero-order valence-corrected chi connectivity index (χ0v) is 20.7. The van der Waals surface area contributed by atoms with Crippen LogP contribution in [0.3, 0.4) is 0 Å². The number of hydrogen-bond donors (Lipinski definition) is 2. The van der Waals surface area contributed by atoms with E-state index in [9.17, 15) is 19.5 Å². The summed E-state index contributed by atoms with van der Waals surface area (Å²) in [5, 5.41) is 9.82. The van der Waals surface area contributed by atoms with E-state index >= 15 is 0 Å². The summed E-state index contributed by atoms with van der Waals surface area (Å²) in [4.78, 5) is 42.3. The van der Waals surface area contributed by atoms with Gasteiger partial charge >= 0.3 is 17.3 Å². The Morgan fingerprint density at radius 2 is 1.86 bits per heavy atom. The molecule has 10 heteroatoms. The molecule has 0 unspecified atom stereocenters. The molecule has 1 heterocycles. The van der Waals surface area contributed by atoms with Crippen LogP contribution >= 0.6 is 11.6 Å². The highest BCUT2D eigenvalue weighted by Crippen LogP contribution is 2.28. The van der Waals surface area contributed by atoms with Crippen molar-refractivity contribution >= 4 is 23.3 Å². The van der Waals surface area contributed by atoms with E-state index < -0.39 is 23.3 Å². The summed E-state index contributed by atoms with van der Waals surface area (Å²) in [6.45, 7) is 3.03. The molecule has 2 aromatic carbocycles. The number of benzene rings is 2. The lowest BCUT2D eigenvalue weighted by molar-refractivity contribution is -0.141. The normalized spacial score (nSPS) is 14.2. The quantitative estimate of drug-likeness (QED) is 0.391. The van der Waals surface area contributed by atoms with Gasteiger partial charge in [0.05, 0.1) is 18.2 Å². The first-order valence-electron chi connectivity index (χ1n) is 11.5. The summed E-state index contributed by atoms with van der Waals surface area (Å²) in [5.41, 5.74) is 1.35. The Balaban J connectivity index is 1.87. The first kappa shape index (κ1) is 25.1. The highest BCUT2D eigenvalue weighted by molar-refractivity contribution is 6.30. The van der Waals surface area contributed by atoms with E-state index in [1.54, 1.807) is 30.3 Å². The molecule has 1 saturated carbocycles. The van der Waals surface area contributed by atoms with E-state index in [1.165, 1.54) is 11.5 Å². The maximum atomic E-state index is 13.4. The molecule has 3 N–H and O–H groups in total. The molecular weight excluding hydrogens is 482 g/mol. The zero-order valence-electron chi connectivity index (χ0n) is 19.9. The van der Waals surface area contributed by atoms with Gasteiger partial charge in [0.2, 0.25) is 5.62 Å². The van der Waals surface area contributed by atoms with Crippen LogP contribution < -0.4 is 22.8 Å². The van der Waals surface area contributed by atoms with E-state index in [0.29, 0.717) is 16.6 Å². The molecule has 3 aromatic rings. The second-order valence-electron chi connectivity index (χ2n) is 8.95. The van der Waals surface area contributed by atoms with Gasteiger partial charge in [-0.1, -0.05) is 42.5 Å². The molecule has 0 aliphatic heterocycles. The molecule has 0 amide bonds. The molecule has 1 aliphatic carbocycles. The molecule has 186 valence electrons. The number of aromatic nitrogens is 3. The number of nitrogen functional groups attached to an aromatic ring is 1. The average molecular weight is 508 g/mol. The highest BCUT2D eigenvalue weighted by Gasteiger charge is 2.19. The smallest absolute Gasteiger partial charge is 0.353 e. The van der Waals surface area contributed by atoms with Gasteiger partial charge in [0.1, 0.15) is 0 Å². The van der Waals surface area contributed by atoms with Crippen LogP contribution in [0.15, 0.2) is 57.0 Å². The summed E-state index contributed by atoms with van der Waals surface area (Å²) in [6.07, 6.45) is 2.27. The first-order chi connectivity index (χ1) is 17.1. The van der Waals surface area contributed by atoms with Crippen molar-refractivity contribution in [3.63, 3.8) is 0 Å². The minimum absolute atomic E-state index is 0.0394. The third kappa shape index (κ3) is 5.61. The van der Waals surface area contributed by atoms with E-state index in [1.807, 2.05) is 19.1 Å². The van der Waals surface area contributed by atoms with Gasteiger partial charge in [-0.2, -0.15) is 4.68 Å². The lowest BCUT2D eigenvalue weighted by atomic mass is 10.1. The standard InChI is InChI=1S/C26H26ClN5O4/c1-16-13-22(12-9-20(16)8-5-18-3-4-18)29-24-30(15-19-6-10-21(27)11-7-19)25(35)31(26(36)32(24)28)14-17(2)23(33)34/h6-7,9-13,17-18H,3-4,14-15,28H2,1-2H3,(H,33,34)/t17-/m0/s1. The largest absolute Gasteiger partial charge is 0.481 e. The lowest BCUT2D eigenvalue weighted by Gasteiger charge is -2.15. The number of carboxylic acid groups (broad SMARTS) is 1. The van der Waals surface area contributed by atoms with Crippen molar-refractivity contribution in [2.75, 3.05) is 5.84 Å². The molecule has 0 spiro atoms. The Bertz CT molecular complexity index is 1570. The Kier molecular flexibility index (Phi) is 7.17. The highest BCUT2D eigenvalue weighted by atomic mass is 35.5. The van der Waals surface area contributed by atoms with E-state index in [4.69, 9.17) is 17.4 Å². The minimum atomic E-state index is -1.14. The number of carbonyl (C=O) groups is 1. The molecule has 0 bridgehead atoms. The van der Waals surface area contributed by atoms with Gasteiger partial charge in [-0.25, -0.2) is 19.1 Å². The Morgan fingerprint density at radius 3 is 2.47 bits per heavy atom. The van der Waals surface area contributed by atoms with Crippen LogP contribution in [0.4, 0.5) is 5.69 Å². The first-order valence-corrected chi connectivity index (χ1v) is 11.9. The molecule has 1 fully saturated rings. The summed E-state index contributed by atoms with van der Waals surface area (Å²) in [7, 11) is 0. The molecule has 4 rings (SSSR count). The van der Waals surface area contributed by atoms with Crippen LogP contribution in [0, 0.1) is 30.6 Å². The van der Waals surface area contributed by atoms with Crippen molar-refractivity contribution < 1.29 is 9.90 Å². The Morgan fingerprint density at radius 1 is 1.17 bits per heavy atom. The molecule has 0 radical (unpaired) electrons. The maximum absolute atomic E-state index is 13.4. The number of nitrogens with two attached hydrogens (primary N) is 1. The predicted octanol–water partition coefficient (Wildman–Crippen LogP) is 2.25. The monoisotopic (exact) mass is 507 g/mol. The topological polar surface area (TPSA) is 125 Å². The summed E-state index contributed by atoms with van der Waals surface area (Å²) >= 11 is 5.99. The minimum Gasteiger partial charge on any atom is -0.481 e. The van der Waals surface area contributed by atoms with Crippen molar-refractivity contribution in [2.45, 2.75) is 39.8 Å². The molecule has 36 heavy (non-hydrogen) atoms. The van der Waals surface area contributed by atoms with Crippen LogP contribution in [-0.2, 0) is 17.9 Å². The molecule has 1 atom stereocenters. The van der Waals surface area contributed by atoms with Crippen LogP contribution in [0.2, 0.25) is 5.02 Å². The van der Waals surface area contributed by atoms with Crippen LogP contribution in [0.25, 0.3) is 0 Å². The number of aliphatic carboxylic acids is 1. The van der Waals surface area contributed by atoms with E-state index in [-0.39, 0.29) is 18.7 Å². The van der Waals surface area contributed by atoms with Gasteiger partial charge < -0.3 is 10.9 Å². The average Bonchev–Trinajstić information content (AvgIpc) is 3.67. The fourth-order valence-corrected chi connectivity index (χ4v) is 3.70. The number of carboxylic acids is 1. The van der Waals surface area contributed by atoms with Crippen LogP contribution in [0.5, 0.6) is 0 Å².